The second-order valence-corrected chi connectivity index (χ2v) is 7.23. The first-order valence-corrected chi connectivity index (χ1v) is 9.70. The summed E-state index contributed by atoms with van der Waals surface area (Å²) < 4.78 is 3.73. The van der Waals surface area contributed by atoms with Gasteiger partial charge in [-0.25, -0.2) is 0 Å². The SMILES string of the molecule is Cc1ccc(-c2nnc3n(CCc4ccccc4)c(=O)c4ccccc4n23)cc1. The molecular weight excluding hydrogens is 360 g/mol. The molecule has 29 heavy (non-hydrogen) atoms. The molecule has 5 heteroatoms. The van der Waals surface area contributed by atoms with Crippen LogP contribution in [0.15, 0.2) is 83.7 Å². The van der Waals surface area contributed by atoms with Gasteiger partial charge >= 0.3 is 0 Å². The lowest BCUT2D eigenvalue weighted by atomic mass is 10.1. The molecule has 5 aromatic rings. The second kappa shape index (κ2) is 7.02. The van der Waals surface area contributed by atoms with Crippen molar-refractivity contribution in [2.24, 2.45) is 0 Å². The van der Waals surface area contributed by atoms with Crippen LogP contribution < -0.4 is 5.56 Å². The van der Waals surface area contributed by atoms with Gasteiger partial charge in [-0.2, -0.15) is 0 Å². The third kappa shape index (κ3) is 3.01. The highest BCUT2D eigenvalue weighted by Gasteiger charge is 2.17. The van der Waals surface area contributed by atoms with Gasteiger partial charge in [0.2, 0.25) is 5.78 Å². The van der Waals surface area contributed by atoms with E-state index in [1.54, 1.807) is 4.57 Å². The Morgan fingerprint density at radius 3 is 2.34 bits per heavy atom. The van der Waals surface area contributed by atoms with E-state index >= 15 is 0 Å². The van der Waals surface area contributed by atoms with Crippen LogP contribution in [-0.4, -0.2) is 19.2 Å². The fourth-order valence-corrected chi connectivity index (χ4v) is 3.74. The summed E-state index contributed by atoms with van der Waals surface area (Å²) in [7, 11) is 0. The Morgan fingerprint density at radius 2 is 1.55 bits per heavy atom. The van der Waals surface area contributed by atoms with Crippen LogP contribution in [-0.2, 0) is 13.0 Å². The zero-order valence-electron chi connectivity index (χ0n) is 16.1. The quantitative estimate of drug-likeness (QED) is 0.468. The van der Waals surface area contributed by atoms with Crippen LogP contribution in [0, 0.1) is 6.92 Å². The smallest absolute Gasteiger partial charge is 0.262 e. The molecule has 0 atom stereocenters. The minimum atomic E-state index is -0.0353. The summed E-state index contributed by atoms with van der Waals surface area (Å²) in [6.45, 7) is 2.60. The van der Waals surface area contributed by atoms with Gasteiger partial charge in [-0.3, -0.25) is 13.8 Å². The number of aromatic nitrogens is 4. The molecule has 0 aliphatic carbocycles. The molecule has 0 saturated carbocycles. The molecule has 0 N–H and O–H groups in total. The van der Waals surface area contributed by atoms with E-state index < -0.39 is 0 Å². The first-order valence-electron chi connectivity index (χ1n) is 9.70. The number of nitrogens with zero attached hydrogens (tertiary/aromatic N) is 4. The standard InChI is InChI=1S/C24H20N4O/c1-17-11-13-19(14-12-17)22-25-26-24-27(16-15-18-7-3-2-4-8-18)23(29)20-9-5-6-10-21(20)28(22)24/h2-14H,15-16H2,1H3. The van der Waals surface area contributed by atoms with Gasteiger partial charge in [0.15, 0.2) is 5.82 Å². The lowest BCUT2D eigenvalue weighted by Gasteiger charge is -2.11. The largest absolute Gasteiger partial charge is 0.276 e. The van der Waals surface area contributed by atoms with Crippen LogP contribution in [0.25, 0.3) is 28.1 Å². The van der Waals surface area contributed by atoms with Gasteiger partial charge in [0.25, 0.3) is 5.56 Å². The predicted molar refractivity (Wildman–Crippen MR) is 115 cm³/mol. The van der Waals surface area contributed by atoms with Gasteiger partial charge < -0.3 is 0 Å². The molecular formula is C24H20N4O. The Hall–Kier alpha value is -3.73. The average Bonchev–Trinajstić information content (AvgIpc) is 3.20. The summed E-state index contributed by atoms with van der Waals surface area (Å²) in [6.07, 6.45) is 0.751. The molecule has 0 spiro atoms. The number of aryl methyl sites for hydroxylation is 3. The molecule has 0 fully saturated rings. The molecule has 142 valence electrons. The monoisotopic (exact) mass is 380 g/mol. The van der Waals surface area contributed by atoms with Crippen molar-refractivity contribution in [2.45, 2.75) is 19.9 Å². The van der Waals surface area contributed by atoms with E-state index in [1.807, 2.05) is 59.0 Å². The number of benzene rings is 3. The Kier molecular flexibility index (Phi) is 4.21. The van der Waals surface area contributed by atoms with Crippen LogP contribution in [0.1, 0.15) is 11.1 Å². The highest BCUT2D eigenvalue weighted by Crippen LogP contribution is 2.23. The molecule has 0 amide bonds. The second-order valence-electron chi connectivity index (χ2n) is 7.23. The van der Waals surface area contributed by atoms with Crippen LogP contribution in [0.4, 0.5) is 0 Å². The number of para-hydroxylation sites is 1. The molecule has 3 aromatic carbocycles. The summed E-state index contributed by atoms with van der Waals surface area (Å²) in [5.74, 6) is 1.31. The summed E-state index contributed by atoms with van der Waals surface area (Å²) >= 11 is 0. The molecule has 0 bridgehead atoms. The predicted octanol–water partition coefficient (Wildman–Crippen LogP) is 4.26. The van der Waals surface area contributed by atoms with Crippen molar-refractivity contribution in [1.82, 2.24) is 19.2 Å². The number of hydrogen-bond acceptors (Lipinski definition) is 3. The lowest BCUT2D eigenvalue weighted by molar-refractivity contribution is 0.678. The fraction of sp³-hybridized carbons (Fsp3) is 0.125. The maximum Gasteiger partial charge on any atom is 0.262 e. The third-order valence-electron chi connectivity index (χ3n) is 5.28. The lowest BCUT2D eigenvalue weighted by Crippen LogP contribution is -2.24. The van der Waals surface area contributed by atoms with Gasteiger partial charge in [-0.05, 0) is 31.0 Å². The van der Waals surface area contributed by atoms with Gasteiger partial charge in [-0.15, -0.1) is 10.2 Å². The zero-order valence-corrected chi connectivity index (χ0v) is 16.1. The van der Waals surface area contributed by atoms with E-state index in [0.29, 0.717) is 17.7 Å². The van der Waals surface area contributed by atoms with Crippen molar-refractivity contribution >= 4 is 16.7 Å². The summed E-state index contributed by atoms with van der Waals surface area (Å²) in [6, 6.07) is 26.0. The van der Waals surface area contributed by atoms with E-state index in [-0.39, 0.29) is 5.56 Å². The van der Waals surface area contributed by atoms with Crippen molar-refractivity contribution in [3.8, 4) is 11.4 Å². The average molecular weight is 380 g/mol. The number of hydrogen-bond donors (Lipinski definition) is 0. The van der Waals surface area contributed by atoms with Crippen molar-refractivity contribution < 1.29 is 0 Å². The highest BCUT2D eigenvalue weighted by molar-refractivity contribution is 5.82. The molecule has 0 unspecified atom stereocenters. The summed E-state index contributed by atoms with van der Waals surface area (Å²) in [4.78, 5) is 13.2. The van der Waals surface area contributed by atoms with E-state index in [0.717, 1.165) is 23.3 Å². The molecule has 2 heterocycles. The van der Waals surface area contributed by atoms with Gasteiger partial charge in [0.1, 0.15) is 0 Å². The van der Waals surface area contributed by atoms with Crippen LogP contribution in [0.5, 0.6) is 0 Å². The normalized spacial score (nSPS) is 11.3. The first-order chi connectivity index (χ1) is 14.2. The maximum atomic E-state index is 13.2. The third-order valence-corrected chi connectivity index (χ3v) is 5.28. The minimum absolute atomic E-state index is 0.0353. The molecule has 5 nitrogen and oxygen atoms in total. The molecule has 0 aliphatic rings. The Labute approximate surface area is 167 Å². The topological polar surface area (TPSA) is 52.2 Å². The van der Waals surface area contributed by atoms with Gasteiger partial charge in [0, 0.05) is 12.1 Å². The molecule has 0 aliphatic heterocycles. The van der Waals surface area contributed by atoms with Gasteiger partial charge in [0.05, 0.1) is 10.9 Å². The molecule has 0 saturated heterocycles. The Balaban J connectivity index is 1.73. The van der Waals surface area contributed by atoms with E-state index in [2.05, 4.69) is 41.4 Å². The van der Waals surface area contributed by atoms with E-state index in [9.17, 15) is 4.79 Å². The van der Waals surface area contributed by atoms with Gasteiger partial charge in [-0.1, -0.05) is 72.3 Å². The van der Waals surface area contributed by atoms with Crippen molar-refractivity contribution in [3.63, 3.8) is 0 Å². The highest BCUT2D eigenvalue weighted by atomic mass is 16.1. The minimum Gasteiger partial charge on any atom is -0.276 e. The maximum absolute atomic E-state index is 13.2. The summed E-state index contributed by atoms with van der Waals surface area (Å²) in [5.41, 5.74) is 4.13. The van der Waals surface area contributed by atoms with Crippen LogP contribution in [0.2, 0.25) is 0 Å². The van der Waals surface area contributed by atoms with Crippen LogP contribution >= 0.6 is 0 Å². The number of fused-ring (bicyclic) bond motifs is 3. The fourth-order valence-electron chi connectivity index (χ4n) is 3.74. The van der Waals surface area contributed by atoms with Crippen molar-refractivity contribution in [2.75, 3.05) is 0 Å². The summed E-state index contributed by atoms with van der Waals surface area (Å²) in [5, 5.41) is 9.54. The Bertz CT molecular complexity index is 1370. The molecule has 5 rings (SSSR count). The number of rotatable bonds is 4. The van der Waals surface area contributed by atoms with E-state index in [1.165, 1.54) is 11.1 Å². The Morgan fingerprint density at radius 1 is 0.828 bits per heavy atom. The van der Waals surface area contributed by atoms with E-state index in [4.69, 9.17) is 0 Å². The van der Waals surface area contributed by atoms with Crippen molar-refractivity contribution in [1.29, 1.82) is 0 Å². The molecule has 2 aromatic heterocycles. The molecule has 0 radical (unpaired) electrons. The zero-order chi connectivity index (χ0) is 19.8. The van der Waals surface area contributed by atoms with Crippen molar-refractivity contribution in [3.05, 3.63) is 100 Å². The van der Waals surface area contributed by atoms with Crippen LogP contribution in [0.3, 0.4) is 0 Å². The first kappa shape index (κ1) is 17.4.